The second-order valence-corrected chi connectivity index (χ2v) is 7.20. The zero-order valence-electron chi connectivity index (χ0n) is 15.8. The number of carbonyl (C=O) groups excluding carboxylic acids is 1. The average molecular weight is 463 g/mol. The summed E-state index contributed by atoms with van der Waals surface area (Å²) in [5, 5.41) is 20.6. The molecule has 1 aromatic carbocycles. The molecule has 12 heteroatoms. The van der Waals surface area contributed by atoms with Crippen LogP contribution in [-0.4, -0.2) is 47.5 Å². The molecule has 0 fully saturated rings. The number of halogens is 3. The predicted molar refractivity (Wildman–Crippen MR) is 113 cm³/mol. The quantitative estimate of drug-likeness (QED) is 0.443. The van der Waals surface area contributed by atoms with E-state index in [9.17, 15) is 19.1 Å². The number of carboxylic acid groups (broad SMARTS) is 1. The molecule has 2 N–H and O–H groups in total. The third kappa shape index (κ3) is 3.82. The zero-order valence-corrected chi connectivity index (χ0v) is 17.3. The van der Waals surface area contributed by atoms with Gasteiger partial charge in [-0.2, -0.15) is 14.9 Å². The van der Waals surface area contributed by atoms with E-state index in [0.29, 0.717) is 16.6 Å². The first-order chi connectivity index (χ1) is 14.8. The van der Waals surface area contributed by atoms with Crippen LogP contribution in [0.1, 0.15) is 0 Å². The van der Waals surface area contributed by atoms with Crippen molar-refractivity contribution in [2.24, 2.45) is 7.05 Å². The number of alkyl halides is 1. The number of aromatic nitrogens is 5. The van der Waals surface area contributed by atoms with Gasteiger partial charge in [-0.3, -0.25) is 14.5 Å². The second-order valence-electron chi connectivity index (χ2n) is 6.53. The van der Waals surface area contributed by atoms with E-state index >= 15 is 0 Å². The van der Waals surface area contributed by atoms with Crippen molar-refractivity contribution in [3.63, 3.8) is 0 Å². The number of aryl methyl sites for hydroxylation is 1. The third-order valence-electron chi connectivity index (χ3n) is 4.43. The molecule has 31 heavy (non-hydrogen) atoms. The summed E-state index contributed by atoms with van der Waals surface area (Å²) < 4.78 is 17.2. The molecule has 0 spiro atoms. The number of anilines is 1. The molecule has 0 bridgehead atoms. The molecule has 0 saturated heterocycles. The predicted octanol–water partition coefficient (Wildman–Crippen LogP) is 3.99. The maximum absolute atomic E-state index is 14.9. The summed E-state index contributed by atoms with van der Waals surface area (Å²) >= 11 is 11.7. The van der Waals surface area contributed by atoms with Crippen molar-refractivity contribution in [3.8, 4) is 22.5 Å². The Morgan fingerprint density at radius 2 is 2.03 bits per heavy atom. The van der Waals surface area contributed by atoms with Gasteiger partial charge in [0.25, 0.3) is 0 Å². The van der Waals surface area contributed by atoms with Crippen LogP contribution in [0.4, 0.5) is 14.9 Å². The summed E-state index contributed by atoms with van der Waals surface area (Å²) in [6.45, 7) is 0. The van der Waals surface area contributed by atoms with Gasteiger partial charge in [-0.15, -0.1) is 11.6 Å². The molecule has 3 heterocycles. The van der Waals surface area contributed by atoms with E-state index in [1.165, 1.54) is 24.5 Å². The number of fused-ring (bicyclic) bond motifs is 1. The fraction of sp³-hybridized carbons (Fsp3) is 0.105. The normalized spacial score (nSPS) is 11.1. The van der Waals surface area contributed by atoms with Crippen LogP contribution in [0.5, 0.6) is 0 Å². The minimum atomic E-state index is -1.29. The average Bonchev–Trinajstić information content (AvgIpc) is 3.30. The van der Waals surface area contributed by atoms with Crippen molar-refractivity contribution in [1.82, 2.24) is 24.5 Å². The number of benzene rings is 1. The van der Waals surface area contributed by atoms with E-state index in [-0.39, 0.29) is 33.4 Å². The van der Waals surface area contributed by atoms with Gasteiger partial charge in [0.05, 0.1) is 34.2 Å². The maximum atomic E-state index is 14.9. The minimum absolute atomic E-state index is 0.00489. The number of hydrogen-bond acceptors (Lipinski definition) is 5. The largest absolute Gasteiger partial charge is 0.463 e. The van der Waals surface area contributed by atoms with Crippen LogP contribution in [-0.2, 0) is 11.8 Å². The molecule has 0 aliphatic rings. The number of amides is 1. The van der Waals surface area contributed by atoms with Crippen LogP contribution in [0.15, 0.2) is 36.8 Å². The molecule has 0 atom stereocenters. The Morgan fingerprint density at radius 1 is 1.26 bits per heavy atom. The van der Waals surface area contributed by atoms with Gasteiger partial charge >= 0.3 is 6.09 Å². The van der Waals surface area contributed by atoms with Crippen LogP contribution in [0, 0.1) is 5.82 Å². The number of hydrogen-bond donors (Lipinski definition) is 2. The lowest BCUT2D eigenvalue weighted by Gasteiger charge is -2.10. The molecule has 9 nitrogen and oxygen atoms in total. The highest BCUT2D eigenvalue weighted by Crippen LogP contribution is 2.35. The Bertz CT molecular complexity index is 1330. The van der Waals surface area contributed by atoms with Crippen LogP contribution >= 0.6 is 23.2 Å². The van der Waals surface area contributed by atoms with Crippen molar-refractivity contribution < 1.29 is 19.1 Å². The van der Waals surface area contributed by atoms with Crippen molar-refractivity contribution in [2.75, 3.05) is 11.2 Å². The molecular weight excluding hydrogens is 450 g/mol. The van der Waals surface area contributed by atoms with Gasteiger partial charge in [0.15, 0.2) is 0 Å². The first-order valence-corrected chi connectivity index (χ1v) is 9.66. The maximum Gasteiger partial charge on any atom is 0.432 e. The lowest BCUT2D eigenvalue weighted by atomic mass is 10.1. The second kappa shape index (κ2) is 7.97. The number of pyridine rings is 1. The van der Waals surface area contributed by atoms with Gasteiger partial charge < -0.3 is 10.4 Å². The van der Waals surface area contributed by atoms with Crippen molar-refractivity contribution in [2.45, 2.75) is 0 Å². The molecule has 1 amide bonds. The standard InChI is InChI=1S/C19H13Cl2FN6O3/c1-27-8-9(6-24-27)18-11-4-14(23-7-15(11)28(26-18)19(30)31)17-12(21)2-10(3-13(17)22)25-16(29)5-20/h2-4,6-8H,5H2,1H3,(H,25,29)(H,30,31). The number of carbonyl (C=O) groups is 2. The molecule has 4 rings (SSSR count). The van der Waals surface area contributed by atoms with Gasteiger partial charge in [-0.25, -0.2) is 9.18 Å². The van der Waals surface area contributed by atoms with Gasteiger partial charge in [0.1, 0.15) is 17.4 Å². The first-order valence-electron chi connectivity index (χ1n) is 8.74. The molecule has 0 radical (unpaired) electrons. The lowest BCUT2D eigenvalue weighted by Crippen LogP contribution is -2.12. The molecule has 0 aliphatic carbocycles. The van der Waals surface area contributed by atoms with Crippen LogP contribution < -0.4 is 5.32 Å². The highest BCUT2D eigenvalue weighted by molar-refractivity contribution is 6.34. The Kier molecular flexibility index (Phi) is 5.34. The zero-order chi connectivity index (χ0) is 22.3. The topological polar surface area (TPSA) is 115 Å². The van der Waals surface area contributed by atoms with Crippen molar-refractivity contribution in [1.29, 1.82) is 0 Å². The SMILES string of the molecule is Cn1cc(-c2nn(C(=O)O)c3cnc(-c4c(F)cc(NC(=O)CCl)cc4Cl)cc23)cn1. The monoisotopic (exact) mass is 462 g/mol. The smallest absolute Gasteiger partial charge is 0.432 e. The van der Waals surface area contributed by atoms with E-state index < -0.39 is 17.8 Å². The number of nitrogens with zero attached hydrogens (tertiary/aromatic N) is 5. The van der Waals surface area contributed by atoms with E-state index in [0.717, 1.165) is 10.7 Å². The van der Waals surface area contributed by atoms with Gasteiger partial charge in [0, 0.05) is 29.9 Å². The summed E-state index contributed by atoms with van der Waals surface area (Å²) in [5.74, 6) is -1.52. The molecule has 158 valence electrons. The van der Waals surface area contributed by atoms with Crippen LogP contribution in [0.2, 0.25) is 5.02 Å². The highest BCUT2D eigenvalue weighted by Gasteiger charge is 2.21. The van der Waals surface area contributed by atoms with Gasteiger partial charge in [0.2, 0.25) is 5.91 Å². The molecule has 0 unspecified atom stereocenters. The summed E-state index contributed by atoms with van der Waals surface area (Å²) in [7, 11) is 1.71. The van der Waals surface area contributed by atoms with E-state index in [1.807, 2.05) is 0 Å². The van der Waals surface area contributed by atoms with E-state index in [1.54, 1.807) is 17.9 Å². The summed E-state index contributed by atoms with van der Waals surface area (Å²) in [6.07, 6.45) is 3.20. The summed E-state index contributed by atoms with van der Waals surface area (Å²) in [4.78, 5) is 27.2. The van der Waals surface area contributed by atoms with Crippen LogP contribution in [0.25, 0.3) is 33.4 Å². The molecule has 0 saturated carbocycles. The van der Waals surface area contributed by atoms with Crippen LogP contribution in [0.3, 0.4) is 0 Å². The highest BCUT2D eigenvalue weighted by atomic mass is 35.5. The number of nitrogens with one attached hydrogen (secondary N) is 1. The Balaban J connectivity index is 1.88. The van der Waals surface area contributed by atoms with Gasteiger partial charge in [-0.1, -0.05) is 11.6 Å². The van der Waals surface area contributed by atoms with E-state index in [2.05, 4.69) is 20.5 Å². The minimum Gasteiger partial charge on any atom is -0.463 e. The fourth-order valence-electron chi connectivity index (χ4n) is 3.14. The van der Waals surface area contributed by atoms with Crippen molar-refractivity contribution in [3.05, 3.63) is 47.6 Å². The third-order valence-corrected chi connectivity index (χ3v) is 4.97. The Labute approximate surface area is 184 Å². The van der Waals surface area contributed by atoms with Crippen molar-refractivity contribution >= 4 is 51.8 Å². The molecule has 0 aliphatic heterocycles. The Morgan fingerprint density at radius 3 is 2.65 bits per heavy atom. The molecule has 3 aromatic heterocycles. The summed E-state index contributed by atoms with van der Waals surface area (Å²) in [6, 6.07) is 3.98. The fourth-order valence-corrected chi connectivity index (χ4v) is 3.51. The molecule has 4 aromatic rings. The summed E-state index contributed by atoms with van der Waals surface area (Å²) in [5.41, 5.74) is 1.45. The molecular formula is C19H13Cl2FN6O3. The lowest BCUT2D eigenvalue weighted by molar-refractivity contribution is -0.113. The van der Waals surface area contributed by atoms with Gasteiger partial charge in [-0.05, 0) is 18.2 Å². The number of rotatable bonds is 4. The Hall–Kier alpha value is -3.50. The van der Waals surface area contributed by atoms with E-state index in [4.69, 9.17) is 23.2 Å². The first kappa shape index (κ1) is 20.8.